The second-order valence-corrected chi connectivity index (χ2v) is 7.85. The number of nitrogens with zero attached hydrogens (tertiary/aromatic N) is 4. The number of hydrogen-bond acceptors (Lipinski definition) is 4. The lowest BCUT2D eigenvalue weighted by molar-refractivity contribution is 0.0953. The van der Waals surface area contributed by atoms with E-state index in [4.69, 9.17) is 11.6 Å². The number of para-hydroxylation sites is 1. The van der Waals surface area contributed by atoms with E-state index in [1.54, 1.807) is 16.9 Å². The van der Waals surface area contributed by atoms with Gasteiger partial charge < -0.3 is 10.3 Å². The molecule has 2 aromatic carbocycles. The van der Waals surface area contributed by atoms with Crippen LogP contribution in [0.2, 0.25) is 5.02 Å². The third-order valence-electron chi connectivity index (χ3n) is 5.31. The van der Waals surface area contributed by atoms with E-state index >= 15 is 0 Å². The van der Waals surface area contributed by atoms with Crippen molar-refractivity contribution in [1.29, 1.82) is 0 Å². The standard InChI is InChI=1S/C23H19ClN6O2/c24-16-5-3-4-15(10-16)13-29-14-27-21-19(23(29)32)12-28-30(21)9-8-25-22(31)18-11-26-20-7-2-1-6-17(18)20/h1-7,10-12,14,26H,8-9,13H2,(H,25,31). The number of fused-ring (bicyclic) bond motifs is 2. The molecule has 0 radical (unpaired) electrons. The van der Waals surface area contributed by atoms with E-state index in [2.05, 4.69) is 20.4 Å². The average molecular weight is 447 g/mol. The maximum atomic E-state index is 12.9. The highest BCUT2D eigenvalue weighted by atomic mass is 35.5. The molecule has 0 aliphatic rings. The average Bonchev–Trinajstić information content (AvgIpc) is 3.40. The van der Waals surface area contributed by atoms with E-state index in [0.717, 1.165) is 16.5 Å². The molecule has 0 bridgehead atoms. The number of amides is 1. The smallest absolute Gasteiger partial charge is 0.264 e. The zero-order chi connectivity index (χ0) is 22.1. The second kappa shape index (κ2) is 8.32. The Morgan fingerprint density at radius 2 is 2.00 bits per heavy atom. The largest absolute Gasteiger partial charge is 0.360 e. The van der Waals surface area contributed by atoms with Gasteiger partial charge in [-0.3, -0.25) is 14.2 Å². The van der Waals surface area contributed by atoms with Crippen LogP contribution in [-0.4, -0.2) is 36.8 Å². The number of nitrogens with one attached hydrogen (secondary N) is 2. The Balaban J connectivity index is 1.29. The third-order valence-corrected chi connectivity index (χ3v) is 5.54. The normalized spacial score (nSPS) is 11.3. The van der Waals surface area contributed by atoms with Gasteiger partial charge in [0.15, 0.2) is 5.65 Å². The molecule has 0 saturated heterocycles. The minimum Gasteiger partial charge on any atom is -0.360 e. The Morgan fingerprint density at radius 1 is 1.12 bits per heavy atom. The molecule has 0 unspecified atom stereocenters. The first kappa shape index (κ1) is 20.0. The van der Waals surface area contributed by atoms with Gasteiger partial charge in [0.25, 0.3) is 11.5 Å². The van der Waals surface area contributed by atoms with Crippen LogP contribution in [0.25, 0.3) is 21.9 Å². The molecule has 3 aromatic heterocycles. The van der Waals surface area contributed by atoms with Crippen molar-refractivity contribution in [3.63, 3.8) is 0 Å². The molecule has 5 aromatic rings. The molecular weight excluding hydrogens is 428 g/mol. The predicted molar refractivity (Wildman–Crippen MR) is 123 cm³/mol. The first-order chi connectivity index (χ1) is 15.6. The Morgan fingerprint density at radius 3 is 2.88 bits per heavy atom. The maximum Gasteiger partial charge on any atom is 0.264 e. The molecule has 9 heteroatoms. The van der Waals surface area contributed by atoms with E-state index in [9.17, 15) is 9.59 Å². The van der Waals surface area contributed by atoms with Gasteiger partial charge in [-0.25, -0.2) is 9.67 Å². The number of benzene rings is 2. The lowest BCUT2D eigenvalue weighted by atomic mass is 10.1. The molecule has 0 saturated carbocycles. The van der Waals surface area contributed by atoms with Gasteiger partial charge in [0, 0.05) is 28.7 Å². The highest BCUT2D eigenvalue weighted by Gasteiger charge is 2.13. The van der Waals surface area contributed by atoms with Gasteiger partial charge in [0.1, 0.15) is 11.7 Å². The van der Waals surface area contributed by atoms with E-state index < -0.39 is 0 Å². The summed E-state index contributed by atoms with van der Waals surface area (Å²) in [6, 6.07) is 15.0. The molecule has 0 spiro atoms. The molecule has 5 rings (SSSR count). The predicted octanol–water partition coefficient (Wildman–Crippen LogP) is 3.21. The first-order valence-corrected chi connectivity index (χ1v) is 10.5. The number of carbonyl (C=O) groups excluding carboxylic acids is 1. The fourth-order valence-corrected chi connectivity index (χ4v) is 3.95. The highest BCUT2D eigenvalue weighted by molar-refractivity contribution is 6.30. The number of aromatic amines is 1. The van der Waals surface area contributed by atoms with Gasteiger partial charge in [-0.15, -0.1) is 0 Å². The SMILES string of the molecule is O=C(NCCn1ncc2c(=O)n(Cc3cccc(Cl)c3)cnc21)c1c[nH]c2ccccc12. The number of carbonyl (C=O) groups is 1. The highest BCUT2D eigenvalue weighted by Crippen LogP contribution is 2.17. The summed E-state index contributed by atoms with van der Waals surface area (Å²) in [7, 11) is 0. The van der Waals surface area contributed by atoms with E-state index in [0.29, 0.717) is 41.3 Å². The zero-order valence-corrected chi connectivity index (χ0v) is 17.7. The van der Waals surface area contributed by atoms with Gasteiger partial charge in [-0.05, 0) is 23.8 Å². The fourth-order valence-electron chi connectivity index (χ4n) is 3.74. The summed E-state index contributed by atoms with van der Waals surface area (Å²) in [5, 5.41) is 9.11. The molecule has 1 amide bonds. The first-order valence-electron chi connectivity index (χ1n) is 10.1. The fraction of sp³-hybridized carbons (Fsp3) is 0.130. The number of rotatable bonds is 6. The summed E-state index contributed by atoms with van der Waals surface area (Å²) < 4.78 is 3.15. The van der Waals surface area contributed by atoms with Gasteiger partial charge in [0.2, 0.25) is 0 Å². The number of H-pyrrole nitrogens is 1. The van der Waals surface area contributed by atoms with Crippen LogP contribution in [0.15, 0.2) is 72.0 Å². The van der Waals surface area contributed by atoms with E-state index in [1.165, 1.54) is 17.1 Å². The molecule has 32 heavy (non-hydrogen) atoms. The molecule has 8 nitrogen and oxygen atoms in total. The van der Waals surface area contributed by atoms with Crippen molar-refractivity contribution in [1.82, 2.24) is 29.6 Å². The molecule has 0 fully saturated rings. The van der Waals surface area contributed by atoms with Crippen molar-refractivity contribution in [2.75, 3.05) is 6.54 Å². The van der Waals surface area contributed by atoms with Gasteiger partial charge in [-0.2, -0.15) is 5.10 Å². The van der Waals surface area contributed by atoms with Crippen LogP contribution in [0, 0.1) is 0 Å². The Kier molecular flexibility index (Phi) is 5.20. The van der Waals surface area contributed by atoms with Crippen LogP contribution < -0.4 is 10.9 Å². The third kappa shape index (κ3) is 3.76. The Bertz CT molecular complexity index is 1500. The van der Waals surface area contributed by atoms with Crippen LogP contribution in [0.5, 0.6) is 0 Å². The van der Waals surface area contributed by atoms with Crippen LogP contribution in [0.1, 0.15) is 15.9 Å². The van der Waals surface area contributed by atoms with E-state index in [-0.39, 0.29) is 11.5 Å². The van der Waals surface area contributed by atoms with Crippen molar-refractivity contribution in [3.8, 4) is 0 Å². The van der Waals surface area contributed by atoms with Gasteiger partial charge >= 0.3 is 0 Å². The minimum absolute atomic E-state index is 0.171. The minimum atomic E-state index is -0.177. The van der Waals surface area contributed by atoms with Crippen LogP contribution >= 0.6 is 11.6 Å². The molecule has 160 valence electrons. The van der Waals surface area contributed by atoms with E-state index in [1.807, 2.05) is 42.5 Å². The summed E-state index contributed by atoms with van der Waals surface area (Å²) in [6.45, 7) is 1.11. The summed E-state index contributed by atoms with van der Waals surface area (Å²) in [5.41, 5.74) is 2.72. The molecular formula is C23H19ClN6O2. The quantitative estimate of drug-likeness (QED) is 0.418. The Labute approximate surface area is 187 Å². The number of hydrogen-bond donors (Lipinski definition) is 2. The molecule has 2 N–H and O–H groups in total. The van der Waals surface area contributed by atoms with Crippen molar-refractivity contribution >= 4 is 39.4 Å². The zero-order valence-electron chi connectivity index (χ0n) is 17.0. The van der Waals surface area contributed by atoms with Crippen LogP contribution in [-0.2, 0) is 13.1 Å². The molecule has 0 atom stereocenters. The number of aromatic nitrogens is 5. The molecule has 0 aliphatic heterocycles. The summed E-state index contributed by atoms with van der Waals surface area (Å²) >= 11 is 6.03. The Hall–Kier alpha value is -3.91. The summed E-state index contributed by atoms with van der Waals surface area (Å²) in [6.07, 6.45) is 4.72. The van der Waals surface area contributed by atoms with Crippen LogP contribution in [0.4, 0.5) is 0 Å². The molecule has 0 aliphatic carbocycles. The lowest BCUT2D eigenvalue weighted by Gasteiger charge is -2.08. The van der Waals surface area contributed by atoms with Crippen molar-refractivity contribution in [3.05, 3.63) is 93.8 Å². The van der Waals surface area contributed by atoms with Gasteiger partial charge in [-0.1, -0.05) is 41.9 Å². The van der Waals surface area contributed by atoms with Crippen molar-refractivity contribution < 1.29 is 4.79 Å². The molecule has 3 heterocycles. The van der Waals surface area contributed by atoms with Crippen molar-refractivity contribution in [2.45, 2.75) is 13.1 Å². The monoisotopic (exact) mass is 446 g/mol. The second-order valence-electron chi connectivity index (χ2n) is 7.42. The van der Waals surface area contributed by atoms with Crippen LogP contribution in [0.3, 0.4) is 0 Å². The van der Waals surface area contributed by atoms with Crippen molar-refractivity contribution in [2.24, 2.45) is 0 Å². The lowest BCUT2D eigenvalue weighted by Crippen LogP contribution is -2.27. The van der Waals surface area contributed by atoms with Gasteiger partial charge in [0.05, 0.1) is 24.8 Å². The number of halogens is 1. The summed E-state index contributed by atoms with van der Waals surface area (Å²) in [5.74, 6) is -0.171. The maximum absolute atomic E-state index is 12.9. The summed E-state index contributed by atoms with van der Waals surface area (Å²) in [4.78, 5) is 32.9. The topological polar surface area (TPSA) is 97.6 Å².